The normalized spacial score (nSPS) is 19.6. The van der Waals surface area contributed by atoms with Gasteiger partial charge in [-0.25, -0.2) is 8.42 Å². The molecule has 28 heavy (non-hydrogen) atoms. The fourth-order valence-corrected chi connectivity index (χ4v) is 5.45. The van der Waals surface area contributed by atoms with Crippen LogP contribution in [0.15, 0.2) is 40.4 Å². The molecule has 1 aliphatic heterocycles. The molecule has 0 aromatic heterocycles. The van der Waals surface area contributed by atoms with Gasteiger partial charge in [0.1, 0.15) is 6.61 Å². The van der Waals surface area contributed by atoms with E-state index in [9.17, 15) is 8.42 Å². The Labute approximate surface area is 171 Å². The Hall–Kier alpha value is -1.40. The Morgan fingerprint density at radius 1 is 1.25 bits per heavy atom. The quantitative estimate of drug-likeness (QED) is 0.421. The van der Waals surface area contributed by atoms with Gasteiger partial charge in [0.05, 0.1) is 15.4 Å². The van der Waals surface area contributed by atoms with E-state index in [4.69, 9.17) is 4.84 Å². The van der Waals surface area contributed by atoms with Crippen LogP contribution in [0.5, 0.6) is 0 Å². The summed E-state index contributed by atoms with van der Waals surface area (Å²) in [5, 5.41) is 4.31. The molecule has 1 heterocycles. The molecule has 1 atom stereocenters. The van der Waals surface area contributed by atoms with E-state index in [0.29, 0.717) is 23.8 Å². The number of hydrogen-bond donors (Lipinski definition) is 0. The van der Waals surface area contributed by atoms with Crippen molar-refractivity contribution >= 4 is 15.5 Å². The van der Waals surface area contributed by atoms with Crippen LogP contribution < -0.4 is 0 Å². The van der Waals surface area contributed by atoms with E-state index in [2.05, 4.69) is 17.0 Å². The van der Waals surface area contributed by atoms with Gasteiger partial charge in [0.2, 0.25) is 0 Å². The van der Waals surface area contributed by atoms with E-state index in [-0.39, 0.29) is 0 Å². The summed E-state index contributed by atoms with van der Waals surface area (Å²) in [6.45, 7) is 11.4. The molecule has 1 saturated heterocycles. The highest BCUT2D eigenvalue weighted by molar-refractivity contribution is 7.92. The minimum atomic E-state index is -3.33. The van der Waals surface area contributed by atoms with Crippen LogP contribution in [0.1, 0.15) is 59.8 Å². The van der Waals surface area contributed by atoms with Crippen molar-refractivity contribution in [3.63, 3.8) is 0 Å². The second kappa shape index (κ2) is 10.4. The monoisotopic (exact) mass is 408 g/mol. The van der Waals surface area contributed by atoms with E-state index in [1.54, 1.807) is 24.3 Å². The third kappa shape index (κ3) is 5.80. The Bertz CT molecular complexity index is 729. The summed E-state index contributed by atoms with van der Waals surface area (Å²) >= 11 is 0. The van der Waals surface area contributed by atoms with Gasteiger partial charge >= 0.3 is 0 Å². The average Bonchev–Trinajstić information content (AvgIpc) is 2.69. The predicted molar refractivity (Wildman–Crippen MR) is 115 cm³/mol. The molecule has 2 rings (SSSR count). The molecule has 5 nitrogen and oxygen atoms in total. The first-order valence-electron chi connectivity index (χ1n) is 10.5. The lowest BCUT2D eigenvalue weighted by Crippen LogP contribution is -2.40. The largest absolute Gasteiger partial charge is 0.396 e. The summed E-state index contributed by atoms with van der Waals surface area (Å²) < 4.78 is 25.2. The molecule has 1 aromatic carbocycles. The molecular weight excluding hydrogens is 372 g/mol. The van der Waals surface area contributed by atoms with Crippen molar-refractivity contribution in [3.05, 3.63) is 30.3 Å². The van der Waals surface area contributed by atoms with Gasteiger partial charge in [0, 0.05) is 12.5 Å². The predicted octanol–water partition coefficient (Wildman–Crippen LogP) is 4.53. The van der Waals surface area contributed by atoms with Crippen LogP contribution >= 0.6 is 0 Å². The van der Waals surface area contributed by atoms with Crippen LogP contribution in [0.4, 0.5) is 0 Å². The number of piperidine rings is 1. The molecule has 0 saturated carbocycles. The summed E-state index contributed by atoms with van der Waals surface area (Å²) in [5.41, 5.74) is 1.15. The van der Waals surface area contributed by atoms with Crippen molar-refractivity contribution in [2.24, 2.45) is 11.1 Å². The van der Waals surface area contributed by atoms with Gasteiger partial charge in [-0.2, -0.15) is 0 Å². The number of rotatable bonds is 10. The van der Waals surface area contributed by atoms with Crippen LogP contribution in [0.2, 0.25) is 0 Å². The van der Waals surface area contributed by atoms with Gasteiger partial charge < -0.3 is 9.74 Å². The molecule has 6 heteroatoms. The zero-order valence-corrected chi connectivity index (χ0v) is 18.7. The summed E-state index contributed by atoms with van der Waals surface area (Å²) in [4.78, 5) is 8.15. The molecule has 0 N–H and O–H groups in total. The minimum absolute atomic E-state index is 0.415. The van der Waals surface area contributed by atoms with Crippen molar-refractivity contribution in [1.29, 1.82) is 0 Å². The lowest BCUT2D eigenvalue weighted by atomic mass is 9.91. The van der Waals surface area contributed by atoms with Crippen molar-refractivity contribution in [2.45, 2.75) is 69.4 Å². The zero-order chi connectivity index (χ0) is 20.6. The molecule has 158 valence electrons. The first kappa shape index (κ1) is 22.9. The van der Waals surface area contributed by atoms with E-state index < -0.39 is 14.6 Å². The molecule has 1 unspecified atom stereocenters. The third-order valence-corrected chi connectivity index (χ3v) is 8.24. The molecule has 0 bridgehead atoms. The van der Waals surface area contributed by atoms with Crippen LogP contribution in [-0.2, 0) is 14.7 Å². The van der Waals surface area contributed by atoms with Crippen molar-refractivity contribution in [3.8, 4) is 0 Å². The van der Waals surface area contributed by atoms with Crippen LogP contribution in [0.25, 0.3) is 0 Å². The Morgan fingerprint density at radius 3 is 2.61 bits per heavy atom. The second-order valence-electron chi connectivity index (χ2n) is 8.17. The highest BCUT2D eigenvalue weighted by Gasteiger charge is 2.35. The second-order valence-corrected chi connectivity index (χ2v) is 10.8. The lowest BCUT2D eigenvalue weighted by Gasteiger charge is -2.34. The van der Waals surface area contributed by atoms with E-state index >= 15 is 0 Å². The number of sulfone groups is 1. The summed E-state index contributed by atoms with van der Waals surface area (Å²) in [6, 6.07) is 8.79. The molecule has 0 radical (unpaired) electrons. The zero-order valence-electron chi connectivity index (χ0n) is 17.9. The van der Waals surface area contributed by atoms with Crippen LogP contribution in [0.3, 0.4) is 0 Å². The first-order chi connectivity index (χ1) is 13.3. The van der Waals surface area contributed by atoms with E-state index in [1.165, 1.54) is 0 Å². The lowest BCUT2D eigenvalue weighted by molar-refractivity contribution is 0.150. The highest BCUT2D eigenvalue weighted by atomic mass is 32.2. The SMILES string of the molecule is CCO/N=C(\CC)C1CCCN(CCCC(C)(C)S(=O)(=O)c2ccccc2)C1. The van der Waals surface area contributed by atoms with Crippen molar-refractivity contribution in [1.82, 2.24) is 4.90 Å². The van der Waals surface area contributed by atoms with E-state index in [0.717, 1.165) is 51.0 Å². The summed E-state index contributed by atoms with van der Waals surface area (Å²) in [7, 11) is -3.33. The molecule has 0 spiro atoms. The maximum atomic E-state index is 13.0. The van der Waals surface area contributed by atoms with Gasteiger partial charge in [0.25, 0.3) is 0 Å². The van der Waals surface area contributed by atoms with Gasteiger partial charge in [0.15, 0.2) is 9.84 Å². The molecule has 1 aliphatic rings. The van der Waals surface area contributed by atoms with Gasteiger partial charge in [-0.3, -0.25) is 0 Å². The molecular formula is C22H36N2O3S. The summed E-state index contributed by atoms with van der Waals surface area (Å²) in [6.07, 6.45) is 4.75. The fourth-order valence-electron chi connectivity index (χ4n) is 3.89. The van der Waals surface area contributed by atoms with Gasteiger partial charge in [-0.15, -0.1) is 0 Å². The molecule has 0 amide bonds. The fraction of sp³-hybridized carbons (Fsp3) is 0.682. The van der Waals surface area contributed by atoms with E-state index in [1.807, 2.05) is 26.8 Å². The first-order valence-corrected chi connectivity index (χ1v) is 12.0. The number of oxime groups is 1. The topological polar surface area (TPSA) is 59.0 Å². The smallest absolute Gasteiger partial charge is 0.183 e. The Balaban J connectivity index is 1.91. The maximum Gasteiger partial charge on any atom is 0.183 e. The molecule has 1 aromatic rings. The number of hydrogen-bond acceptors (Lipinski definition) is 5. The summed E-state index contributed by atoms with van der Waals surface area (Å²) in [5.74, 6) is 0.450. The standard InChI is InChI=1S/C22H36N2O3S/c1-5-21(23-27-6-2)19-12-10-16-24(18-19)17-11-15-22(3,4)28(25,26)20-13-8-7-9-14-20/h7-9,13-14,19H,5-6,10-12,15-18H2,1-4H3/b23-21+. The Kier molecular flexibility index (Phi) is 8.50. The molecule has 0 aliphatic carbocycles. The molecule has 1 fully saturated rings. The van der Waals surface area contributed by atoms with Crippen molar-refractivity contribution < 1.29 is 13.3 Å². The average molecular weight is 409 g/mol. The third-order valence-electron chi connectivity index (χ3n) is 5.68. The van der Waals surface area contributed by atoms with Gasteiger partial charge in [-0.1, -0.05) is 30.3 Å². The highest BCUT2D eigenvalue weighted by Crippen LogP contribution is 2.30. The number of benzene rings is 1. The van der Waals surface area contributed by atoms with Crippen LogP contribution in [-0.4, -0.2) is 50.0 Å². The van der Waals surface area contributed by atoms with Gasteiger partial charge in [-0.05, 0) is 78.1 Å². The Morgan fingerprint density at radius 2 is 1.96 bits per heavy atom. The minimum Gasteiger partial charge on any atom is -0.396 e. The number of nitrogens with zero attached hydrogens (tertiary/aromatic N) is 2. The van der Waals surface area contributed by atoms with Crippen molar-refractivity contribution in [2.75, 3.05) is 26.2 Å². The maximum absolute atomic E-state index is 13.0. The van der Waals surface area contributed by atoms with Crippen LogP contribution in [0, 0.1) is 5.92 Å². The number of likely N-dealkylation sites (tertiary alicyclic amines) is 1.